The molecule has 1 unspecified atom stereocenters. The number of ether oxygens (including phenoxy) is 2. The first-order valence-corrected chi connectivity index (χ1v) is 2.99. The first-order valence-electron chi connectivity index (χ1n) is 2.99. The van der Waals surface area contributed by atoms with Crippen LogP contribution in [-0.2, 0) is 33.7 Å². The van der Waals surface area contributed by atoms with E-state index < -0.39 is 5.97 Å². The van der Waals surface area contributed by atoms with E-state index in [0.29, 0.717) is 6.61 Å². The van der Waals surface area contributed by atoms with Gasteiger partial charge in [-0.15, -0.1) is 0 Å². The first kappa shape index (κ1) is 13.6. The third-order valence-corrected chi connectivity index (χ3v) is 0.893. The number of rotatable bonds is 5. The Kier molecular flexibility index (Phi) is 10.0. The van der Waals surface area contributed by atoms with Crippen molar-refractivity contribution in [1.82, 2.24) is 0 Å². The third-order valence-electron chi connectivity index (χ3n) is 0.893. The standard InChI is InChI=1S/C6H12O4.Zn/c1-5(3-9-2)10-4-6(7)8;/h5H,3-4H2,1-2H3,(H,7,8);. The Bertz CT molecular complexity index is 107. The van der Waals surface area contributed by atoms with Gasteiger partial charge in [0.1, 0.15) is 6.61 Å². The molecule has 0 aromatic carbocycles. The molecule has 0 aromatic rings. The summed E-state index contributed by atoms with van der Waals surface area (Å²) in [5.74, 6) is -0.956. The van der Waals surface area contributed by atoms with Gasteiger partial charge in [0.2, 0.25) is 0 Å². The van der Waals surface area contributed by atoms with E-state index in [1.165, 1.54) is 0 Å². The molecular formula is C6H12O4Zn. The first-order chi connectivity index (χ1) is 4.66. The van der Waals surface area contributed by atoms with Crippen LogP contribution in [0.4, 0.5) is 0 Å². The second-order valence-corrected chi connectivity index (χ2v) is 1.97. The van der Waals surface area contributed by atoms with E-state index in [-0.39, 0.29) is 32.2 Å². The topological polar surface area (TPSA) is 55.8 Å². The fourth-order valence-corrected chi connectivity index (χ4v) is 0.496. The van der Waals surface area contributed by atoms with Crippen molar-refractivity contribution in [3.63, 3.8) is 0 Å². The maximum Gasteiger partial charge on any atom is 0.329 e. The van der Waals surface area contributed by atoms with Crippen LogP contribution in [0.1, 0.15) is 6.92 Å². The number of hydrogen-bond donors (Lipinski definition) is 1. The molecule has 0 heterocycles. The molecule has 11 heavy (non-hydrogen) atoms. The maximum absolute atomic E-state index is 9.94. The molecule has 0 radical (unpaired) electrons. The summed E-state index contributed by atoms with van der Waals surface area (Å²) in [6, 6.07) is 0. The number of carboxylic acid groups (broad SMARTS) is 1. The number of aliphatic carboxylic acids is 1. The molecule has 0 aliphatic carbocycles. The van der Waals surface area contributed by atoms with Crippen LogP contribution in [0.2, 0.25) is 0 Å². The van der Waals surface area contributed by atoms with Gasteiger partial charge in [0.05, 0.1) is 12.7 Å². The molecule has 0 aromatic heterocycles. The molecule has 1 atom stereocenters. The Morgan fingerprint density at radius 1 is 1.64 bits per heavy atom. The van der Waals surface area contributed by atoms with Crippen molar-refractivity contribution in [3.05, 3.63) is 0 Å². The smallest absolute Gasteiger partial charge is 0.329 e. The minimum absolute atomic E-state index is 0. The Labute approximate surface area is 78.6 Å². The number of carboxylic acids is 1. The SMILES string of the molecule is COCC(C)OCC(=O)O.[Zn]. The van der Waals surface area contributed by atoms with Crippen LogP contribution in [0, 0.1) is 0 Å². The Morgan fingerprint density at radius 2 is 2.18 bits per heavy atom. The summed E-state index contributed by atoms with van der Waals surface area (Å²) in [4.78, 5) is 9.94. The van der Waals surface area contributed by atoms with Crippen molar-refractivity contribution in [3.8, 4) is 0 Å². The number of methoxy groups -OCH3 is 1. The van der Waals surface area contributed by atoms with E-state index in [9.17, 15) is 4.79 Å². The van der Waals surface area contributed by atoms with E-state index in [1.807, 2.05) is 0 Å². The summed E-state index contributed by atoms with van der Waals surface area (Å²) in [7, 11) is 1.54. The molecule has 0 fully saturated rings. The summed E-state index contributed by atoms with van der Waals surface area (Å²) >= 11 is 0. The van der Waals surface area contributed by atoms with Gasteiger partial charge in [0.25, 0.3) is 0 Å². The zero-order valence-electron chi connectivity index (χ0n) is 6.87. The molecule has 0 spiro atoms. The fraction of sp³-hybridized carbons (Fsp3) is 0.833. The molecule has 0 saturated heterocycles. The van der Waals surface area contributed by atoms with Gasteiger partial charge >= 0.3 is 5.97 Å². The summed E-state index contributed by atoms with van der Waals surface area (Å²) < 4.78 is 9.54. The number of carbonyl (C=O) groups is 1. The molecule has 0 rings (SSSR count). The quantitative estimate of drug-likeness (QED) is 0.659. The molecule has 5 heteroatoms. The van der Waals surface area contributed by atoms with Crippen LogP contribution in [0.5, 0.6) is 0 Å². The molecule has 1 N–H and O–H groups in total. The van der Waals surface area contributed by atoms with Crippen molar-refractivity contribution in [2.75, 3.05) is 20.3 Å². The van der Waals surface area contributed by atoms with Gasteiger partial charge in [0, 0.05) is 26.6 Å². The fourth-order valence-electron chi connectivity index (χ4n) is 0.496. The van der Waals surface area contributed by atoms with E-state index in [4.69, 9.17) is 14.6 Å². The largest absolute Gasteiger partial charge is 0.480 e. The average Bonchev–Trinajstić information content (AvgIpc) is 1.85. The summed E-state index contributed by atoms with van der Waals surface area (Å²) in [5.41, 5.74) is 0. The molecule has 0 amide bonds. The van der Waals surface area contributed by atoms with Gasteiger partial charge in [-0.2, -0.15) is 0 Å². The maximum atomic E-state index is 9.94. The Morgan fingerprint density at radius 3 is 2.55 bits per heavy atom. The summed E-state index contributed by atoms with van der Waals surface area (Å²) in [5, 5.41) is 8.16. The van der Waals surface area contributed by atoms with Crippen LogP contribution in [0.3, 0.4) is 0 Å². The van der Waals surface area contributed by atoms with Crippen molar-refractivity contribution >= 4 is 5.97 Å². The molecule has 0 aliphatic heterocycles. The minimum Gasteiger partial charge on any atom is -0.480 e. The van der Waals surface area contributed by atoms with E-state index in [0.717, 1.165) is 0 Å². The van der Waals surface area contributed by atoms with Crippen molar-refractivity contribution < 1.29 is 38.9 Å². The Balaban J connectivity index is 0. The molecule has 0 bridgehead atoms. The monoisotopic (exact) mass is 212 g/mol. The summed E-state index contributed by atoms with van der Waals surface area (Å²) in [6.07, 6.45) is -0.152. The van der Waals surface area contributed by atoms with Gasteiger partial charge in [-0.3, -0.25) is 0 Å². The van der Waals surface area contributed by atoms with Crippen LogP contribution in [0.15, 0.2) is 0 Å². The molecule has 0 aliphatic rings. The zero-order chi connectivity index (χ0) is 7.98. The van der Waals surface area contributed by atoms with Crippen molar-refractivity contribution in [1.29, 1.82) is 0 Å². The van der Waals surface area contributed by atoms with Crippen LogP contribution in [-0.4, -0.2) is 37.5 Å². The van der Waals surface area contributed by atoms with Crippen LogP contribution < -0.4 is 0 Å². The molecule has 0 saturated carbocycles. The van der Waals surface area contributed by atoms with E-state index >= 15 is 0 Å². The molecule has 4 nitrogen and oxygen atoms in total. The predicted molar refractivity (Wildman–Crippen MR) is 34.9 cm³/mol. The third kappa shape index (κ3) is 10.0. The van der Waals surface area contributed by atoms with Gasteiger partial charge in [0.15, 0.2) is 0 Å². The van der Waals surface area contributed by atoms with Crippen LogP contribution in [0.25, 0.3) is 0 Å². The zero-order valence-corrected chi connectivity index (χ0v) is 9.84. The van der Waals surface area contributed by atoms with Gasteiger partial charge in [-0.25, -0.2) is 4.79 Å². The predicted octanol–water partition coefficient (Wildman–Crippen LogP) is 0.120. The molecule has 62 valence electrons. The average molecular weight is 214 g/mol. The van der Waals surface area contributed by atoms with E-state index in [1.54, 1.807) is 14.0 Å². The normalized spacial score (nSPS) is 11.8. The van der Waals surface area contributed by atoms with Crippen LogP contribution >= 0.6 is 0 Å². The van der Waals surface area contributed by atoms with Gasteiger partial charge in [-0.1, -0.05) is 0 Å². The van der Waals surface area contributed by atoms with Crippen molar-refractivity contribution in [2.24, 2.45) is 0 Å². The summed E-state index contributed by atoms with van der Waals surface area (Å²) in [6.45, 7) is 1.92. The number of hydrogen-bond acceptors (Lipinski definition) is 3. The Hall–Kier alpha value is 0.0134. The van der Waals surface area contributed by atoms with Gasteiger partial charge in [-0.05, 0) is 6.92 Å². The second-order valence-electron chi connectivity index (χ2n) is 1.97. The minimum atomic E-state index is -0.956. The molecular weight excluding hydrogens is 201 g/mol. The van der Waals surface area contributed by atoms with E-state index in [2.05, 4.69) is 0 Å². The van der Waals surface area contributed by atoms with Crippen molar-refractivity contribution in [2.45, 2.75) is 13.0 Å². The van der Waals surface area contributed by atoms with Gasteiger partial charge < -0.3 is 14.6 Å². The second kappa shape index (κ2) is 8.11.